The highest BCUT2D eigenvalue weighted by atomic mass is 32.2. The summed E-state index contributed by atoms with van der Waals surface area (Å²) < 4.78 is 40.2. The first-order chi connectivity index (χ1) is 16.7. The van der Waals surface area contributed by atoms with Crippen molar-refractivity contribution in [1.29, 1.82) is 0 Å². The molecule has 4 rings (SSSR count). The predicted molar refractivity (Wildman–Crippen MR) is 132 cm³/mol. The maximum Gasteiger partial charge on any atom is 0.338 e. The lowest BCUT2D eigenvalue weighted by atomic mass is 10.2. The maximum atomic E-state index is 12.9. The minimum atomic E-state index is -3.70. The second-order valence-corrected chi connectivity index (χ2v) is 11.3. The quantitative estimate of drug-likeness (QED) is 0.446. The van der Waals surface area contributed by atoms with E-state index in [0.717, 1.165) is 23.1 Å². The number of nitrogens with zero attached hydrogens (tertiary/aromatic N) is 3. The summed E-state index contributed by atoms with van der Waals surface area (Å²) in [5.74, 6) is -0.897. The second kappa shape index (κ2) is 10.4. The van der Waals surface area contributed by atoms with E-state index in [1.165, 1.54) is 47.0 Å². The van der Waals surface area contributed by atoms with Gasteiger partial charge in [0.05, 0.1) is 33.4 Å². The summed E-state index contributed by atoms with van der Waals surface area (Å²) >= 11 is 1.28. The van der Waals surface area contributed by atoms with Crippen molar-refractivity contribution in [3.63, 3.8) is 0 Å². The van der Waals surface area contributed by atoms with Gasteiger partial charge in [-0.1, -0.05) is 11.3 Å². The first kappa shape index (κ1) is 25.2. The van der Waals surface area contributed by atoms with Crippen LogP contribution in [-0.4, -0.2) is 62.1 Å². The standard InChI is InChI=1S/C24H27N3O6S2/c1-4-32-23(29)17-9-12-20-21(14-17)34-24(27(20)3)25-22(28)16-7-10-19(11-8-16)35(30,31)26(2)15-18-6-5-13-33-18/h7-12,14,18H,4-6,13,15H2,1-3H3. The highest BCUT2D eigenvalue weighted by molar-refractivity contribution is 7.89. The Labute approximate surface area is 207 Å². The molecule has 186 valence electrons. The van der Waals surface area contributed by atoms with E-state index in [1.54, 1.807) is 36.7 Å². The smallest absolute Gasteiger partial charge is 0.338 e. The fourth-order valence-electron chi connectivity index (χ4n) is 3.86. The Balaban J connectivity index is 1.55. The summed E-state index contributed by atoms with van der Waals surface area (Å²) in [4.78, 5) is 29.6. The van der Waals surface area contributed by atoms with Crippen LogP contribution in [0.15, 0.2) is 52.4 Å². The van der Waals surface area contributed by atoms with E-state index >= 15 is 0 Å². The normalized spacial score (nSPS) is 16.8. The number of carbonyl (C=O) groups excluding carboxylic acids is 2. The van der Waals surface area contributed by atoms with Crippen LogP contribution in [0.4, 0.5) is 0 Å². The van der Waals surface area contributed by atoms with Crippen LogP contribution in [0.3, 0.4) is 0 Å². The van der Waals surface area contributed by atoms with Crippen molar-refractivity contribution < 1.29 is 27.5 Å². The number of hydrogen-bond acceptors (Lipinski definition) is 7. The molecule has 0 saturated carbocycles. The average molecular weight is 518 g/mol. The number of amides is 1. The number of rotatable bonds is 7. The zero-order valence-electron chi connectivity index (χ0n) is 19.8. The van der Waals surface area contributed by atoms with Crippen LogP contribution < -0.4 is 4.80 Å². The second-order valence-electron chi connectivity index (χ2n) is 8.21. The highest BCUT2D eigenvalue weighted by Crippen LogP contribution is 2.21. The van der Waals surface area contributed by atoms with E-state index in [2.05, 4.69) is 4.99 Å². The predicted octanol–water partition coefficient (Wildman–Crippen LogP) is 2.96. The molecule has 1 aliphatic heterocycles. The minimum Gasteiger partial charge on any atom is -0.462 e. The molecule has 0 N–H and O–H groups in total. The zero-order valence-corrected chi connectivity index (χ0v) is 21.4. The lowest BCUT2D eigenvalue weighted by Crippen LogP contribution is -2.34. The molecular weight excluding hydrogens is 490 g/mol. The molecule has 0 bridgehead atoms. The van der Waals surface area contributed by atoms with Crippen LogP contribution in [-0.2, 0) is 26.5 Å². The minimum absolute atomic E-state index is 0.0927. The SMILES string of the molecule is CCOC(=O)c1ccc2c(c1)sc(=NC(=O)c1ccc(S(=O)(=O)N(C)CC3CCCO3)cc1)n2C. The van der Waals surface area contributed by atoms with Crippen molar-refractivity contribution in [2.75, 3.05) is 26.8 Å². The number of hydrogen-bond donors (Lipinski definition) is 0. The number of ether oxygens (including phenoxy) is 2. The molecule has 0 spiro atoms. The highest BCUT2D eigenvalue weighted by Gasteiger charge is 2.26. The van der Waals surface area contributed by atoms with Crippen molar-refractivity contribution in [1.82, 2.24) is 8.87 Å². The van der Waals surface area contributed by atoms with Gasteiger partial charge in [-0.15, -0.1) is 0 Å². The fraction of sp³-hybridized carbons (Fsp3) is 0.375. The molecule has 1 unspecified atom stereocenters. The van der Waals surface area contributed by atoms with Gasteiger partial charge in [-0.25, -0.2) is 13.2 Å². The maximum absolute atomic E-state index is 12.9. The third-order valence-corrected chi connectivity index (χ3v) is 8.74. The van der Waals surface area contributed by atoms with Gasteiger partial charge in [0.1, 0.15) is 0 Å². The van der Waals surface area contributed by atoms with E-state index in [0.29, 0.717) is 23.5 Å². The third-order valence-electron chi connectivity index (χ3n) is 5.81. The molecule has 0 radical (unpaired) electrons. The number of sulfonamides is 1. The largest absolute Gasteiger partial charge is 0.462 e. The summed E-state index contributed by atoms with van der Waals surface area (Å²) in [5.41, 5.74) is 1.53. The number of benzene rings is 2. The lowest BCUT2D eigenvalue weighted by molar-refractivity contribution is 0.0526. The first-order valence-corrected chi connectivity index (χ1v) is 13.5. The number of carbonyl (C=O) groups is 2. The molecule has 1 amide bonds. The van der Waals surface area contributed by atoms with Crippen LogP contribution in [0.2, 0.25) is 0 Å². The molecule has 0 aliphatic carbocycles. The van der Waals surface area contributed by atoms with E-state index < -0.39 is 21.9 Å². The summed E-state index contributed by atoms with van der Waals surface area (Å²) in [6.07, 6.45) is 1.68. The molecule has 1 fully saturated rings. The average Bonchev–Trinajstić information content (AvgIpc) is 3.46. The number of aryl methyl sites for hydroxylation is 1. The van der Waals surface area contributed by atoms with Crippen LogP contribution in [0.1, 0.15) is 40.5 Å². The molecule has 1 atom stereocenters. The molecule has 1 aromatic heterocycles. The van der Waals surface area contributed by atoms with Crippen molar-refractivity contribution in [2.45, 2.75) is 30.8 Å². The van der Waals surface area contributed by atoms with Gasteiger partial charge in [-0.05, 0) is 62.2 Å². The number of fused-ring (bicyclic) bond motifs is 1. The van der Waals surface area contributed by atoms with Crippen LogP contribution >= 0.6 is 11.3 Å². The molecule has 11 heteroatoms. The fourth-order valence-corrected chi connectivity index (χ4v) is 6.11. The van der Waals surface area contributed by atoms with Gasteiger partial charge in [0, 0.05) is 32.8 Å². The monoisotopic (exact) mass is 517 g/mol. The summed E-state index contributed by atoms with van der Waals surface area (Å²) in [6.45, 7) is 2.98. The van der Waals surface area contributed by atoms with Crippen molar-refractivity contribution in [3.8, 4) is 0 Å². The number of thiazole rings is 1. The zero-order chi connectivity index (χ0) is 25.2. The van der Waals surface area contributed by atoms with Crippen LogP contribution in [0.25, 0.3) is 10.2 Å². The van der Waals surface area contributed by atoms with Gasteiger partial charge < -0.3 is 14.0 Å². The Morgan fingerprint density at radius 1 is 1.20 bits per heavy atom. The Bertz CT molecular complexity index is 1420. The number of aromatic nitrogens is 1. The van der Waals surface area contributed by atoms with Crippen LogP contribution in [0.5, 0.6) is 0 Å². The molecule has 1 aliphatic rings. The first-order valence-electron chi connectivity index (χ1n) is 11.2. The van der Waals surface area contributed by atoms with Gasteiger partial charge in [-0.2, -0.15) is 9.30 Å². The van der Waals surface area contributed by atoms with Crippen LogP contribution in [0, 0.1) is 0 Å². The van der Waals surface area contributed by atoms with E-state index in [-0.39, 0.29) is 23.2 Å². The van der Waals surface area contributed by atoms with Crippen molar-refractivity contribution in [2.24, 2.45) is 12.0 Å². The third kappa shape index (κ3) is 5.37. The summed E-state index contributed by atoms with van der Waals surface area (Å²) in [6, 6.07) is 10.9. The number of esters is 1. The molecule has 3 aromatic rings. The van der Waals surface area contributed by atoms with E-state index in [9.17, 15) is 18.0 Å². The van der Waals surface area contributed by atoms with Crippen molar-refractivity contribution in [3.05, 3.63) is 58.4 Å². The Kier molecular flexibility index (Phi) is 7.50. The molecule has 2 heterocycles. The topological polar surface area (TPSA) is 107 Å². The molecule has 9 nitrogen and oxygen atoms in total. The number of likely N-dealkylation sites (N-methyl/N-ethyl adjacent to an activating group) is 1. The lowest BCUT2D eigenvalue weighted by Gasteiger charge is -2.20. The molecule has 1 saturated heterocycles. The van der Waals surface area contributed by atoms with Gasteiger partial charge in [-0.3, -0.25) is 4.79 Å². The van der Waals surface area contributed by atoms with Gasteiger partial charge in [0.2, 0.25) is 10.0 Å². The Hall–Kier alpha value is -2.86. The summed E-state index contributed by atoms with van der Waals surface area (Å²) in [5, 5.41) is 0. The van der Waals surface area contributed by atoms with E-state index in [4.69, 9.17) is 9.47 Å². The van der Waals surface area contributed by atoms with Gasteiger partial charge >= 0.3 is 5.97 Å². The molecule has 35 heavy (non-hydrogen) atoms. The Morgan fingerprint density at radius 2 is 1.91 bits per heavy atom. The van der Waals surface area contributed by atoms with Crippen molar-refractivity contribution >= 4 is 43.5 Å². The van der Waals surface area contributed by atoms with E-state index in [1.807, 2.05) is 0 Å². The summed E-state index contributed by atoms with van der Waals surface area (Å²) in [7, 11) is -0.381. The Morgan fingerprint density at radius 3 is 2.57 bits per heavy atom. The molecular formula is C24H27N3O6S2. The molecule has 2 aromatic carbocycles. The van der Waals surface area contributed by atoms with Gasteiger partial charge in [0.15, 0.2) is 4.80 Å². The van der Waals surface area contributed by atoms with Gasteiger partial charge in [0.25, 0.3) is 5.91 Å².